The largest absolute Gasteiger partial charge is 0.368 e. The molecule has 1 aromatic carbocycles. The highest BCUT2D eigenvalue weighted by Gasteiger charge is 2.29. The van der Waals surface area contributed by atoms with E-state index < -0.39 is 0 Å². The van der Waals surface area contributed by atoms with E-state index in [1.807, 2.05) is 30.2 Å². The average molecular weight is 509 g/mol. The van der Waals surface area contributed by atoms with Crippen molar-refractivity contribution in [1.82, 2.24) is 34.5 Å². The molecule has 0 N–H and O–H groups in total. The second-order valence-corrected chi connectivity index (χ2v) is 10.0. The highest BCUT2D eigenvalue weighted by Crippen LogP contribution is 2.25. The number of hydrogen-bond acceptors (Lipinski definition) is 7. The first-order chi connectivity index (χ1) is 18.6. The highest BCUT2D eigenvalue weighted by atomic mass is 16.2. The number of aryl methyl sites for hydroxylation is 1. The Kier molecular flexibility index (Phi) is 6.83. The molecular weight excluding hydrogens is 476 g/mol. The summed E-state index contributed by atoms with van der Waals surface area (Å²) in [5, 5.41) is 4.82. The molecule has 2 fully saturated rings. The minimum absolute atomic E-state index is 0.218. The first-order valence-electron chi connectivity index (χ1n) is 13.2. The number of rotatable bonds is 6. The minimum atomic E-state index is 0.218. The molecule has 6 rings (SSSR count). The Labute approximate surface area is 222 Å². The SMILES string of the molecule is Cc1cc(-c2ccn([C@@H]3CCN(CC(=O)N4CCN(c5ccc(-c6ncccn6)cc5)CC4)C3)n2)ccn1. The quantitative estimate of drug-likeness (QED) is 0.395. The molecule has 2 saturated heterocycles. The van der Waals surface area contributed by atoms with Crippen LogP contribution in [0.4, 0.5) is 5.69 Å². The summed E-state index contributed by atoms with van der Waals surface area (Å²) in [5.74, 6) is 0.950. The Morgan fingerprint density at radius 2 is 1.68 bits per heavy atom. The molecule has 0 saturated carbocycles. The van der Waals surface area contributed by atoms with Gasteiger partial charge < -0.3 is 9.80 Å². The maximum absolute atomic E-state index is 13.1. The van der Waals surface area contributed by atoms with Crippen LogP contribution in [0.3, 0.4) is 0 Å². The first-order valence-corrected chi connectivity index (χ1v) is 13.2. The number of likely N-dealkylation sites (tertiary alicyclic amines) is 1. The van der Waals surface area contributed by atoms with Crippen molar-refractivity contribution in [2.45, 2.75) is 19.4 Å². The molecule has 3 aromatic heterocycles. The molecule has 2 aliphatic rings. The molecule has 38 heavy (non-hydrogen) atoms. The van der Waals surface area contributed by atoms with Crippen LogP contribution in [-0.2, 0) is 4.79 Å². The van der Waals surface area contributed by atoms with Crippen LogP contribution in [0, 0.1) is 6.92 Å². The number of aromatic nitrogens is 5. The summed E-state index contributed by atoms with van der Waals surface area (Å²) in [6.45, 7) is 7.38. The summed E-state index contributed by atoms with van der Waals surface area (Å²) < 4.78 is 2.06. The van der Waals surface area contributed by atoms with Gasteiger partial charge in [-0.25, -0.2) is 9.97 Å². The fraction of sp³-hybridized carbons (Fsp3) is 0.345. The fourth-order valence-electron chi connectivity index (χ4n) is 5.35. The van der Waals surface area contributed by atoms with E-state index in [4.69, 9.17) is 5.10 Å². The molecule has 0 spiro atoms. The molecule has 9 nitrogen and oxygen atoms in total. The molecule has 0 bridgehead atoms. The molecule has 5 heterocycles. The molecular formula is C29H32N8O. The number of carbonyl (C=O) groups excluding carboxylic acids is 1. The maximum Gasteiger partial charge on any atom is 0.236 e. The monoisotopic (exact) mass is 508 g/mol. The number of piperazine rings is 1. The number of carbonyl (C=O) groups is 1. The zero-order chi connectivity index (χ0) is 25.9. The van der Waals surface area contributed by atoms with Gasteiger partial charge in [0, 0.05) is 86.6 Å². The number of anilines is 1. The minimum Gasteiger partial charge on any atom is -0.368 e. The van der Waals surface area contributed by atoms with Crippen LogP contribution < -0.4 is 4.90 Å². The van der Waals surface area contributed by atoms with E-state index in [9.17, 15) is 4.79 Å². The van der Waals surface area contributed by atoms with E-state index in [1.54, 1.807) is 12.4 Å². The van der Waals surface area contributed by atoms with Crippen LogP contribution in [-0.4, -0.2) is 86.3 Å². The van der Waals surface area contributed by atoms with Gasteiger partial charge in [-0.15, -0.1) is 0 Å². The summed E-state index contributed by atoms with van der Waals surface area (Å²) in [6, 6.07) is 16.6. The van der Waals surface area contributed by atoms with Crippen molar-refractivity contribution in [1.29, 1.82) is 0 Å². The van der Waals surface area contributed by atoms with Gasteiger partial charge in [0.05, 0.1) is 18.3 Å². The normalized spacial score (nSPS) is 18.2. The third-order valence-electron chi connectivity index (χ3n) is 7.47. The van der Waals surface area contributed by atoms with Crippen LogP contribution >= 0.6 is 0 Å². The van der Waals surface area contributed by atoms with Crippen LogP contribution in [0.2, 0.25) is 0 Å². The summed E-state index contributed by atoms with van der Waals surface area (Å²) in [7, 11) is 0. The number of hydrogen-bond donors (Lipinski definition) is 0. The van der Waals surface area contributed by atoms with Crippen LogP contribution in [0.15, 0.2) is 73.3 Å². The van der Waals surface area contributed by atoms with E-state index in [2.05, 4.69) is 72.0 Å². The van der Waals surface area contributed by atoms with Gasteiger partial charge in [-0.05, 0) is 61.9 Å². The van der Waals surface area contributed by atoms with Crippen LogP contribution in [0.25, 0.3) is 22.6 Å². The first kappa shape index (κ1) is 24.2. The van der Waals surface area contributed by atoms with Gasteiger partial charge >= 0.3 is 0 Å². The molecule has 9 heteroatoms. The lowest BCUT2D eigenvalue weighted by Crippen LogP contribution is -2.51. The Hall–Kier alpha value is -4.11. The van der Waals surface area contributed by atoms with Crippen molar-refractivity contribution < 1.29 is 4.79 Å². The molecule has 2 aliphatic heterocycles. The average Bonchev–Trinajstić information content (AvgIpc) is 3.64. The zero-order valence-corrected chi connectivity index (χ0v) is 21.6. The number of amides is 1. The van der Waals surface area contributed by atoms with E-state index in [0.717, 1.165) is 74.0 Å². The standard InChI is InChI=1S/C29H32N8O/c1-22-19-24(7-12-30-22)27-9-14-37(33-27)26-8-13-34(20-26)21-28(38)36-17-15-35(16-18-36)25-5-3-23(4-6-25)29-31-10-2-11-32-29/h2-7,9-12,14,19,26H,8,13,15-18,20-21H2,1H3/t26-/m1/s1. The number of pyridine rings is 1. The Morgan fingerprint density at radius 3 is 2.45 bits per heavy atom. The van der Waals surface area contributed by atoms with Crippen molar-refractivity contribution in [3.8, 4) is 22.6 Å². The van der Waals surface area contributed by atoms with Crippen molar-refractivity contribution >= 4 is 11.6 Å². The molecule has 0 radical (unpaired) electrons. The van der Waals surface area contributed by atoms with E-state index >= 15 is 0 Å². The fourth-order valence-corrected chi connectivity index (χ4v) is 5.35. The maximum atomic E-state index is 13.1. The zero-order valence-electron chi connectivity index (χ0n) is 21.6. The Balaban J connectivity index is 0.990. The summed E-state index contributed by atoms with van der Waals surface area (Å²) >= 11 is 0. The molecule has 0 unspecified atom stereocenters. The molecule has 4 aromatic rings. The van der Waals surface area contributed by atoms with E-state index in [1.165, 1.54) is 5.69 Å². The molecule has 1 amide bonds. The van der Waals surface area contributed by atoms with E-state index in [0.29, 0.717) is 12.6 Å². The van der Waals surface area contributed by atoms with Gasteiger partial charge in [0.25, 0.3) is 0 Å². The smallest absolute Gasteiger partial charge is 0.236 e. The van der Waals surface area contributed by atoms with Gasteiger partial charge in [-0.2, -0.15) is 5.10 Å². The van der Waals surface area contributed by atoms with Gasteiger partial charge in [0.2, 0.25) is 5.91 Å². The van der Waals surface area contributed by atoms with Crippen LogP contribution in [0.1, 0.15) is 18.2 Å². The van der Waals surface area contributed by atoms with Gasteiger partial charge in [0.1, 0.15) is 0 Å². The molecule has 1 atom stereocenters. The third-order valence-corrected chi connectivity index (χ3v) is 7.47. The summed E-state index contributed by atoms with van der Waals surface area (Å²) in [6.07, 6.45) is 8.39. The van der Waals surface area contributed by atoms with Gasteiger partial charge in [-0.1, -0.05) is 0 Å². The summed E-state index contributed by atoms with van der Waals surface area (Å²) in [4.78, 5) is 32.6. The number of benzene rings is 1. The second-order valence-electron chi connectivity index (χ2n) is 10.0. The summed E-state index contributed by atoms with van der Waals surface area (Å²) in [5.41, 5.74) is 5.21. The van der Waals surface area contributed by atoms with Gasteiger partial charge in [-0.3, -0.25) is 19.4 Å². The van der Waals surface area contributed by atoms with Crippen LogP contribution in [0.5, 0.6) is 0 Å². The van der Waals surface area contributed by atoms with E-state index in [-0.39, 0.29) is 5.91 Å². The van der Waals surface area contributed by atoms with Crippen molar-refractivity contribution in [2.24, 2.45) is 0 Å². The van der Waals surface area contributed by atoms with Gasteiger partial charge in [0.15, 0.2) is 5.82 Å². The van der Waals surface area contributed by atoms with Crippen molar-refractivity contribution in [3.63, 3.8) is 0 Å². The Bertz CT molecular complexity index is 1380. The molecule has 194 valence electrons. The molecule has 0 aliphatic carbocycles. The predicted octanol–water partition coefficient (Wildman–Crippen LogP) is 3.31. The number of nitrogens with zero attached hydrogens (tertiary/aromatic N) is 8. The highest BCUT2D eigenvalue weighted by molar-refractivity contribution is 5.78. The third kappa shape index (κ3) is 5.28. The Morgan fingerprint density at radius 1 is 0.895 bits per heavy atom. The predicted molar refractivity (Wildman–Crippen MR) is 147 cm³/mol. The lowest BCUT2D eigenvalue weighted by molar-refractivity contribution is -0.132. The van der Waals surface area contributed by atoms with Crippen molar-refractivity contribution in [3.05, 3.63) is 79.0 Å². The lowest BCUT2D eigenvalue weighted by atomic mass is 10.1. The topological polar surface area (TPSA) is 83.3 Å². The lowest BCUT2D eigenvalue weighted by Gasteiger charge is -2.36. The second kappa shape index (κ2) is 10.7. The van der Waals surface area contributed by atoms with Crippen molar-refractivity contribution in [2.75, 3.05) is 50.7 Å².